The number of piperazine rings is 1. The molecule has 9 nitrogen and oxygen atoms in total. The molecule has 0 saturated carbocycles. The zero-order chi connectivity index (χ0) is 21.5. The summed E-state index contributed by atoms with van der Waals surface area (Å²) in [5.74, 6) is -0.763. The Hall–Kier alpha value is -2.98. The van der Waals surface area contributed by atoms with Crippen LogP contribution in [0.2, 0.25) is 0 Å². The lowest BCUT2D eigenvalue weighted by atomic mass is 10.1. The maximum Gasteiger partial charge on any atom is 0.329 e. The number of amides is 4. The van der Waals surface area contributed by atoms with Crippen LogP contribution in [0, 0.1) is 0 Å². The number of hydrogen-bond acceptors (Lipinski definition) is 5. The minimum absolute atomic E-state index is 0.162. The lowest BCUT2D eigenvalue weighted by molar-refractivity contribution is -0.134. The topological polar surface area (TPSA) is 107 Å². The predicted molar refractivity (Wildman–Crippen MR) is 111 cm³/mol. The van der Waals surface area contributed by atoms with Gasteiger partial charge in [-0.2, -0.15) is 4.31 Å². The van der Waals surface area contributed by atoms with Crippen LogP contribution in [0.3, 0.4) is 0 Å². The standard InChI is InChI=1S/C20H22N4O5S/c1-30(28,29)23-11-9-22(10-12-23)18(25)13-16-19(26)24(20(27)21-16)17-8-4-6-14-5-2-3-7-15(14)17/h2-8,16H,9-13H2,1H3,(H,21,27)/t16-/m0/s1. The fourth-order valence-corrected chi connectivity index (χ4v) is 4.70. The number of hydrogen-bond donors (Lipinski definition) is 1. The summed E-state index contributed by atoms with van der Waals surface area (Å²) in [6, 6.07) is 11.3. The van der Waals surface area contributed by atoms with Crippen molar-refractivity contribution in [1.29, 1.82) is 0 Å². The molecule has 0 spiro atoms. The molecule has 2 saturated heterocycles. The Morgan fingerprint density at radius 2 is 1.70 bits per heavy atom. The Labute approximate surface area is 174 Å². The molecular weight excluding hydrogens is 408 g/mol. The van der Waals surface area contributed by atoms with Crippen molar-refractivity contribution in [3.63, 3.8) is 0 Å². The smallest absolute Gasteiger partial charge is 0.329 e. The zero-order valence-corrected chi connectivity index (χ0v) is 17.3. The number of rotatable bonds is 4. The van der Waals surface area contributed by atoms with Crippen molar-refractivity contribution in [2.75, 3.05) is 37.3 Å². The minimum Gasteiger partial charge on any atom is -0.340 e. The molecule has 4 rings (SSSR count). The maximum absolute atomic E-state index is 12.9. The third kappa shape index (κ3) is 3.75. The van der Waals surface area contributed by atoms with Crippen LogP contribution >= 0.6 is 0 Å². The molecule has 10 heteroatoms. The first-order valence-corrected chi connectivity index (χ1v) is 11.5. The molecule has 0 aliphatic carbocycles. The number of benzene rings is 2. The van der Waals surface area contributed by atoms with Crippen LogP contribution in [-0.4, -0.2) is 73.9 Å². The number of anilines is 1. The van der Waals surface area contributed by atoms with Gasteiger partial charge in [-0.1, -0.05) is 36.4 Å². The van der Waals surface area contributed by atoms with Crippen molar-refractivity contribution in [2.24, 2.45) is 0 Å². The summed E-state index contributed by atoms with van der Waals surface area (Å²) in [7, 11) is -3.29. The van der Waals surface area contributed by atoms with E-state index in [1.807, 2.05) is 30.3 Å². The first-order chi connectivity index (χ1) is 14.3. The second-order valence-electron chi connectivity index (χ2n) is 7.42. The van der Waals surface area contributed by atoms with Gasteiger partial charge in [0, 0.05) is 31.6 Å². The van der Waals surface area contributed by atoms with Gasteiger partial charge in [-0.25, -0.2) is 18.1 Å². The van der Waals surface area contributed by atoms with E-state index in [0.717, 1.165) is 21.9 Å². The second kappa shape index (κ2) is 7.69. The van der Waals surface area contributed by atoms with Gasteiger partial charge < -0.3 is 10.2 Å². The van der Waals surface area contributed by atoms with Crippen LogP contribution in [0.1, 0.15) is 6.42 Å². The van der Waals surface area contributed by atoms with Crippen LogP contribution < -0.4 is 10.2 Å². The van der Waals surface area contributed by atoms with E-state index in [-0.39, 0.29) is 38.5 Å². The minimum atomic E-state index is -3.29. The molecule has 1 atom stereocenters. The van der Waals surface area contributed by atoms with Gasteiger partial charge >= 0.3 is 6.03 Å². The van der Waals surface area contributed by atoms with Gasteiger partial charge in [0.25, 0.3) is 5.91 Å². The largest absolute Gasteiger partial charge is 0.340 e. The molecule has 2 heterocycles. The lowest BCUT2D eigenvalue weighted by Crippen LogP contribution is -2.51. The van der Waals surface area contributed by atoms with Crippen molar-refractivity contribution in [3.05, 3.63) is 42.5 Å². The van der Waals surface area contributed by atoms with Crippen molar-refractivity contribution in [1.82, 2.24) is 14.5 Å². The monoisotopic (exact) mass is 430 g/mol. The summed E-state index contributed by atoms with van der Waals surface area (Å²) in [5, 5.41) is 4.28. The van der Waals surface area contributed by atoms with Gasteiger partial charge in [-0.3, -0.25) is 9.59 Å². The van der Waals surface area contributed by atoms with Crippen LogP contribution in [0.15, 0.2) is 42.5 Å². The van der Waals surface area contributed by atoms with E-state index in [1.165, 1.54) is 9.21 Å². The van der Waals surface area contributed by atoms with E-state index in [9.17, 15) is 22.8 Å². The van der Waals surface area contributed by atoms with Gasteiger partial charge in [0.1, 0.15) is 6.04 Å². The van der Waals surface area contributed by atoms with Crippen LogP contribution in [0.25, 0.3) is 10.8 Å². The third-order valence-corrected chi connectivity index (χ3v) is 6.77. The van der Waals surface area contributed by atoms with Crippen molar-refractivity contribution < 1.29 is 22.8 Å². The summed E-state index contributed by atoms with van der Waals surface area (Å²) in [5.41, 5.74) is 0.479. The average molecular weight is 430 g/mol. The molecule has 2 aromatic rings. The molecule has 30 heavy (non-hydrogen) atoms. The molecule has 2 aliphatic heterocycles. The van der Waals surface area contributed by atoms with E-state index in [0.29, 0.717) is 5.69 Å². The molecule has 4 amide bonds. The van der Waals surface area contributed by atoms with E-state index in [2.05, 4.69) is 5.32 Å². The van der Waals surface area contributed by atoms with Crippen molar-refractivity contribution in [2.45, 2.75) is 12.5 Å². The van der Waals surface area contributed by atoms with Gasteiger partial charge in [0.2, 0.25) is 15.9 Å². The van der Waals surface area contributed by atoms with Crippen LogP contribution in [0.5, 0.6) is 0 Å². The fourth-order valence-electron chi connectivity index (χ4n) is 3.87. The highest BCUT2D eigenvalue weighted by atomic mass is 32.2. The van der Waals surface area contributed by atoms with Crippen molar-refractivity contribution in [3.8, 4) is 0 Å². The highest BCUT2D eigenvalue weighted by molar-refractivity contribution is 7.88. The van der Waals surface area contributed by atoms with Gasteiger partial charge in [0.15, 0.2) is 0 Å². The first-order valence-electron chi connectivity index (χ1n) is 9.61. The number of fused-ring (bicyclic) bond motifs is 1. The maximum atomic E-state index is 12.9. The first kappa shape index (κ1) is 20.3. The molecule has 1 N–H and O–H groups in total. The number of carbonyl (C=O) groups excluding carboxylic acids is 3. The quantitative estimate of drug-likeness (QED) is 0.721. The average Bonchev–Trinajstić information content (AvgIpc) is 3.00. The highest BCUT2D eigenvalue weighted by Gasteiger charge is 2.41. The fraction of sp³-hybridized carbons (Fsp3) is 0.350. The molecule has 2 fully saturated rings. The lowest BCUT2D eigenvalue weighted by Gasteiger charge is -2.33. The summed E-state index contributed by atoms with van der Waals surface area (Å²) in [6.45, 7) is 0.955. The second-order valence-corrected chi connectivity index (χ2v) is 9.40. The Bertz CT molecular complexity index is 1120. The molecular formula is C20H22N4O5S. The molecule has 0 bridgehead atoms. The van der Waals surface area contributed by atoms with Gasteiger partial charge in [-0.15, -0.1) is 0 Å². The van der Waals surface area contributed by atoms with E-state index in [1.54, 1.807) is 12.1 Å². The molecule has 158 valence electrons. The molecule has 0 unspecified atom stereocenters. The van der Waals surface area contributed by atoms with Crippen LogP contribution in [0.4, 0.5) is 10.5 Å². The summed E-state index contributed by atoms with van der Waals surface area (Å²) in [6.07, 6.45) is 0.976. The van der Waals surface area contributed by atoms with Crippen LogP contribution in [-0.2, 0) is 19.6 Å². The normalized spacial score (nSPS) is 20.6. The van der Waals surface area contributed by atoms with E-state index >= 15 is 0 Å². The molecule has 2 aromatic carbocycles. The van der Waals surface area contributed by atoms with E-state index < -0.39 is 28.0 Å². The molecule has 2 aliphatic rings. The summed E-state index contributed by atoms with van der Waals surface area (Å²) >= 11 is 0. The zero-order valence-electron chi connectivity index (χ0n) is 16.4. The van der Waals surface area contributed by atoms with Gasteiger partial charge in [-0.05, 0) is 11.5 Å². The third-order valence-electron chi connectivity index (χ3n) is 5.47. The number of carbonyl (C=O) groups is 3. The summed E-state index contributed by atoms with van der Waals surface area (Å²) in [4.78, 5) is 40.8. The number of imide groups is 1. The SMILES string of the molecule is CS(=O)(=O)N1CCN(C(=O)C[C@@H]2NC(=O)N(c3cccc4ccccc34)C2=O)CC1. The summed E-state index contributed by atoms with van der Waals surface area (Å²) < 4.78 is 24.5. The highest BCUT2D eigenvalue weighted by Crippen LogP contribution is 2.29. The van der Waals surface area contributed by atoms with Crippen molar-refractivity contribution >= 4 is 44.3 Å². The number of nitrogens with one attached hydrogen (secondary N) is 1. The molecule has 0 aromatic heterocycles. The van der Waals surface area contributed by atoms with Gasteiger partial charge in [0.05, 0.1) is 18.4 Å². The Kier molecular flexibility index (Phi) is 5.20. The number of sulfonamides is 1. The predicted octanol–water partition coefficient (Wildman–Crippen LogP) is 0.758. The Morgan fingerprint density at radius 3 is 2.40 bits per heavy atom. The Morgan fingerprint density at radius 1 is 1.03 bits per heavy atom. The number of nitrogens with zero attached hydrogens (tertiary/aromatic N) is 3. The molecule has 0 radical (unpaired) electrons. The number of urea groups is 1. The van der Waals surface area contributed by atoms with E-state index in [4.69, 9.17) is 0 Å². The Balaban J connectivity index is 1.46.